The smallest absolute Gasteiger partial charge is 0.412 e. The number of hydrogen-bond donors (Lipinski definition) is 2. The highest BCUT2D eigenvalue weighted by Gasteiger charge is 2.32. The highest BCUT2D eigenvalue weighted by molar-refractivity contribution is 9.10. The van der Waals surface area contributed by atoms with E-state index in [0.717, 1.165) is 47.0 Å². The van der Waals surface area contributed by atoms with Gasteiger partial charge in [0.25, 0.3) is 0 Å². The third-order valence-electron chi connectivity index (χ3n) is 5.21. The lowest BCUT2D eigenvalue weighted by Gasteiger charge is -2.38. The quantitative estimate of drug-likeness (QED) is 0.581. The molecule has 150 valence electrons. The van der Waals surface area contributed by atoms with Crippen LogP contribution in [0, 0.1) is 0 Å². The van der Waals surface area contributed by atoms with Gasteiger partial charge < -0.3 is 10.4 Å². The number of benzene rings is 2. The first-order valence-corrected chi connectivity index (χ1v) is 10.7. The van der Waals surface area contributed by atoms with Crippen molar-refractivity contribution >= 4 is 27.7 Å². The molecule has 0 aromatic heterocycles. The second-order valence-corrected chi connectivity index (χ2v) is 9.50. The van der Waals surface area contributed by atoms with Gasteiger partial charge in [0.15, 0.2) is 0 Å². The first-order valence-electron chi connectivity index (χ1n) is 9.89. The highest BCUT2D eigenvalue weighted by Crippen LogP contribution is 2.37. The summed E-state index contributed by atoms with van der Waals surface area (Å²) in [6.45, 7) is 6.53. The molecule has 2 aromatic rings. The molecule has 0 saturated heterocycles. The molecule has 3 rings (SSSR count). The van der Waals surface area contributed by atoms with E-state index in [1.807, 2.05) is 48.5 Å². The van der Waals surface area contributed by atoms with Crippen molar-refractivity contribution in [1.29, 1.82) is 0 Å². The Balaban J connectivity index is 1.87. The van der Waals surface area contributed by atoms with E-state index in [1.54, 1.807) is 4.90 Å². The maximum absolute atomic E-state index is 12.3. The molecule has 0 unspecified atom stereocenters. The van der Waals surface area contributed by atoms with Crippen LogP contribution >= 0.6 is 15.9 Å². The zero-order valence-electron chi connectivity index (χ0n) is 16.8. The topological polar surface area (TPSA) is 52.6 Å². The molecule has 28 heavy (non-hydrogen) atoms. The SMILES string of the molecule is CC(C)(C)N[C@H]1CC[C@H](N(C(=O)O)c2ccc(Br)cc2-c2ccccc2)CC1. The predicted octanol–water partition coefficient (Wildman–Crippen LogP) is 6.30. The summed E-state index contributed by atoms with van der Waals surface area (Å²) in [4.78, 5) is 13.9. The molecule has 1 amide bonds. The maximum Gasteiger partial charge on any atom is 0.412 e. The minimum atomic E-state index is -0.883. The van der Waals surface area contributed by atoms with Gasteiger partial charge in [-0.25, -0.2) is 4.79 Å². The van der Waals surface area contributed by atoms with E-state index in [4.69, 9.17) is 0 Å². The van der Waals surface area contributed by atoms with Crippen molar-refractivity contribution in [1.82, 2.24) is 5.32 Å². The number of hydrogen-bond acceptors (Lipinski definition) is 2. The zero-order chi connectivity index (χ0) is 20.3. The minimum Gasteiger partial charge on any atom is -0.465 e. The molecule has 1 aliphatic rings. The number of anilines is 1. The zero-order valence-corrected chi connectivity index (χ0v) is 18.4. The van der Waals surface area contributed by atoms with Crippen LogP contribution in [0.5, 0.6) is 0 Å². The largest absolute Gasteiger partial charge is 0.465 e. The Morgan fingerprint density at radius 1 is 1.07 bits per heavy atom. The van der Waals surface area contributed by atoms with E-state index < -0.39 is 6.09 Å². The molecule has 1 aliphatic carbocycles. The maximum atomic E-state index is 12.3. The molecular formula is C23H29BrN2O2. The van der Waals surface area contributed by atoms with Crippen LogP contribution in [0.25, 0.3) is 11.1 Å². The summed E-state index contributed by atoms with van der Waals surface area (Å²) in [5, 5.41) is 13.7. The summed E-state index contributed by atoms with van der Waals surface area (Å²) in [7, 11) is 0. The van der Waals surface area contributed by atoms with Crippen molar-refractivity contribution in [2.45, 2.75) is 64.1 Å². The first-order chi connectivity index (χ1) is 13.2. The Labute approximate surface area is 176 Å². The van der Waals surface area contributed by atoms with Gasteiger partial charge in [0.2, 0.25) is 0 Å². The molecular weight excluding hydrogens is 416 g/mol. The Kier molecular flexibility index (Phi) is 6.46. The van der Waals surface area contributed by atoms with Gasteiger partial charge in [-0.05, 0) is 70.2 Å². The Hall–Kier alpha value is -1.85. The third kappa shape index (κ3) is 5.15. The van der Waals surface area contributed by atoms with Crippen molar-refractivity contribution in [3.63, 3.8) is 0 Å². The molecule has 0 spiro atoms. The van der Waals surface area contributed by atoms with E-state index in [-0.39, 0.29) is 11.6 Å². The summed E-state index contributed by atoms with van der Waals surface area (Å²) in [6, 6.07) is 16.3. The second kappa shape index (κ2) is 8.66. The fourth-order valence-electron chi connectivity index (χ4n) is 4.11. The number of halogens is 1. The van der Waals surface area contributed by atoms with Crippen LogP contribution in [-0.4, -0.2) is 28.8 Å². The molecule has 0 heterocycles. The fraction of sp³-hybridized carbons (Fsp3) is 0.435. The van der Waals surface area contributed by atoms with Crippen molar-refractivity contribution in [3.05, 3.63) is 53.0 Å². The summed E-state index contributed by atoms with van der Waals surface area (Å²) >= 11 is 3.54. The Morgan fingerprint density at radius 3 is 2.29 bits per heavy atom. The number of amides is 1. The third-order valence-corrected chi connectivity index (χ3v) is 5.70. The van der Waals surface area contributed by atoms with E-state index in [9.17, 15) is 9.90 Å². The lowest BCUT2D eigenvalue weighted by atomic mass is 9.88. The molecule has 0 bridgehead atoms. The van der Waals surface area contributed by atoms with Gasteiger partial charge in [-0.15, -0.1) is 0 Å². The van der Waals surface area contributed by atoms with Gasteiger partial charge in [-0.3, -0.25) is 4.90 Å². The molecule has 1 fully saturated rings. The lowest BCUT2D eigenvalue weighted by molar-refractivity contribution is 0.193. The van der Waals surface area contributed by atoms with Gasteiger partial charge in [0, 0.05) is 27.7 Å². The molecule has 0 radical (unpaired) electrons. The van der Waals surface area contributed by atoms with Crippen LogP contribution in [0.3, 0.4) is 0 Å². The summed E-state index contributed by atoms with van der Waals surface area (Å²) in [5.74, 6) is 0. The summed E-state index contributed by atoms with van der Waals surface area (Å²) < 4.78 is 0.943. The molecule has 5 heteroatoms. The number of carboxylic acid groups (broad SMARTS) is 1. The van der Waals surface area contributed by atoms with Crippen LogP contribution in [0.2, 0.25) is 0 Å². The lowest BCUT2D eigenvalue weighted by Crippen LogP contribution is -2.49. The summed E-state index contributed by atoms with van der Waals surface area (Å²) in [6.07, 6.45) is 2.83. The fourth-order valence-corrected chi connectivity index (χ4v) is 4.47. The van der Waals surface area contributed by atoms with Gasteiger partial charge in [-0.2, -0.15) is 0 Å². The molecule has 4 nitrogen and oxygen atoms in total. The molecule has 1 saturated carbocycles. The van der Waals surface area contributed by atoms with Crippen LogP contribution in [0.4, 0.5) is 10.5 Å². The van der Waals surface area contributed by atoms with E-state index >= 15 is 0 Å². The van der Waals surface area contributed by atoms with Crippen molar-refractivity contribution in [3.8, 4) is 11.1 Å². The van der Waals surface area contributed by atoms with E-state index in [1.165, 1.54) is 0 Å². The molecule has 0 aliphatic heterocycles. The molecule has 2 N–H and O–H groups in total. The predicted molar refractivity (Wildman–Crippen MR) is 119 cm³/mol. The number of nitrogens with zero attached hydrogens (tertiary/aromatic N) is 1. The minimum absolute atomic E-state index is 0.000781. The van der Waals surface area contributed by atoms with Gasteiger partial charge in [0.05, 0.1) is 5.69 Å². The van der Waals surface area contributed by atoms with Gasteiger partial charge in [-0.1, -0.05) is 46.3 Å². The Morgan fingerprint density at radius 2 is 1.71 bits per heavy atom. The van der Waals surface area contributed by atoms with Gasteiger partial charge in [0.1, 0.15) is 0 Å². The van der Waals surface area contributed by atoms with Crippen LogP contribution < -0.4 is 10.2 Å². The van der Waals surface area contributed by atoms with Crippen LogP contribution in [0.15, 0.2) is 53.0 Å². The van der Waals surface area contributed by atoms with Crippen LogP contribution in [0.1, 0.15) is 46.5 Å². The van der Waals surface area contributed by atoms with Crippen molar-refractivity contribution in [2.24, 2.45) is 0 Å². The van der Waals surface area contributed by atoms with E-state index in [0.29, 0.717) is 6.04 Å². The van der Waals surface area contributed by atoms with Gasteiger partial charge >= 0.3 is 6.09 Å². The highest BCUT2D eigenvalue weighted by atomic mass is 79.9. The standard InChI is InChI=1S/C23H29BrN2O2/c1-23(2,3)25-18-10-12-19(13-11-18)26(22(27)28)21-14-9-17(24)15-20(21)16-7-5-4-6-8-16/h4-9,14-15,18-19,25H,10-13H2,1-3H3,(H,27,28)/t18-,19-. The Bertz CT molecular complexity index is 809. The molecule has 2 aromatic carbocycles. The molecule has 0 atom stereocenters. The number of carbonyl (C=O) groups is 1. The van der Waals surface area contributed by atoms with Crippen molar-refractivity contribution < 1.29 is 9.90 Å². The normalized spacial score (nSPS) is 20.0. The average molecular weight is 445 g/mol. The monoisotopic (exact) mass is 444 g/mol. The van der Waals surface area contributed by atoms with Crippen molar-refractivity contribution in [2.75, 3.05) is 4.90 Å². The first kappa shape index (κ1) is 20.9. The number of rotatable bonds is 4. The second-order valence-electron chi connectivity index (χ2n) is 8.58. The number of nitrogens with one attached hydrogen (secondary N) is 1. The van der Waals surface area contributed by atoms with E-state index in [2.05, 4.69) is 42.0 Å². The summed E-state index contributed by atoms with van der Waals surface area (Å²) in [5.41, 5.74) is 2.80. The average Bonchev–Trinajstić information content (AvgIpc) is 2.64. The van der Waals surface area contributed by atoms with Crippen LogP contribution in [-0.2, 0) is 0 Å².